The van der Waals surface area contributed by atoms with Crippen LogP contribution in [0.3, 0.4) is 0 Å². The van der Waals surface area contributed by atoms with Gasteiger partial charge in [-0.1, -0.05) is 26.7 Å². The first-order chi connectivity index (χ1) is 5.64. The van der Waals surface area contributed by atoms with E-state index < -0.39 is 0 Å². The van der Waals surface area contributed by atoms with Crippen LogP contribution in [-0.2, 0) is 0 Å². The summed E-state index contributed by atoms with van der Waals surface area (Å²) in [7, 11) is 0. The lowest BCUT2D eigenvalue weighted by Crippen LogP contribution is -2.22. The van der Waals surface area contributed by atoms with Crippen molar-refractivity contribution in [3.63, 3.8) is 0 Å². The van der Waals surface area contributed by atoms with E-state index in [1.165, 1.54) is 32.1 Å². The third-order valence-electron chi connectivity index (χ3n) is 3.00. The molecule has 0 amide bonds. The second-order valence-electron chi connectivity index (χ2n) is 4.87. The van der Waals surface area contributed by atoms with Gasteiger partial charge < -0.3 is 0 Å². The van der Waals surface area contributed by atoms with Crippen molar-refractivity contribution in [2.45, 2.75) is 52.4 Å². The van der Waals surface area contributed by atoms with Crippen molar-refractivity contribution in [3.05, 3.63) is 0 Å². The Kier molecular flexibility index (Phi) is 3.20. The van der Waals surface area contributed by atoms with Crippen LogP contribution in [0.2, 0.25) is 0 Å². The molecule has 0 aliphatic heterocycles. The van der Waals surface area contributed by atoms with Crippen molar-refractivity contribution >= 4 is 0 Å². The molecular formula is C12H20. The second kappa shape index (κ2) is 3.99. The SMILES string of the molecule is C#CCCC1CCCC(C)(C)C1. The average molecular weight is 164 g/mol. The van der Waals surface area contributed by atoms with Gasteiger partial charge in [-0.3, -0.25) is 0 Å². The van der Waals surface area contributed by atoms with Gasteiger partial charge in [0.2, 0.25) is 0 Å². The van der Waals surface area contributed by atoms with Crippen LogP contribution in [0.25, 0.3) is 0 Å². The largest absolute Gasteiger partial charge is 0.120 e. The van der Waals surface area contributed by atoms with E-state index in [0.29, 0.717) is 5.41 Å². The molecule has 0 aromatic carbocycles. The van der Waals surface area contributed by atoms with Crippen molar-refractivity contribution in [1.82, 2.24) is 0 Å². The minimum absolute atomic E-state index is 0.581. The average Bonchev–Trinajstić information content (AvgIpc) is 1.99. The monoisotopic (exact) mass is 164 g/mol. The zero-order chi connectivity index (χ0) is 9.03. The van der Waals surface area contributed by atoms with Crippen molar-refractivity contribution in [1.29, 1.82) is 0 Å². The molecule has 0 aromatic heterocycles. The fraction of sp³-hybridized carbons (Fsp3) is 0.833. The van der Waals surface area contributed by atoms with Crippen LogP contribution < -0.4 is 0 Å². The van der Waals surface area contributed by atoms with E-state index in [1.54, 1.807) is 0 Å². The molecule has 1 fully saturated rings. The minimum Gasteiger partial charge on any atom is -0.120 e. The summed E-state index contributed by atoms with van der Waals surface area (Å²) in [6.07, 6.45) is 13.1. The van der Waals surface area contributed by atoms with Crippen LogP contribution in [-0.4, -0.2) is 0 Å². The van der Waals surface area contributed by atoms with E-state index in [1.807, 2.05) is 0 Å². The molecule has 1 atom stereocenters. The first kappa shape index (κ1) is 9.65. The maximum atomic E-state index is 5.26. The van der Waals surface area contributed by atoms with Crippen LogP contribution in [0, 0.1) is 23.7 Å². The molecular weight excluding hydrogens is 144 g/mol. The van der Waals surface area contributed by atoms with E-state index in [2.05, 4.69) is 19.8 Å². The summed E-state index contributed by atoms with van der Waals surface area (Å²) in [6.45, 7) is 4.77. The highest BCUT2D eigenvalue weighted by Gasteiger charge is 2.27. The van der Waals surface area contributed by atoms with Crippen molar-refractivity contribution in [2.75, 3.05) is 0 Å². The molecule has 1 aliphatic carbocycles. The fourth-order valence-electron chi connectivity index (χ4n) is 2.39. The van der Waals surface area contributed by atoms with Gasteiger partial charge in [0.15, 0.2) is 0 Å². The van der Waals surface area contributed by atoms with E-state index in [0.717, 1.165) is 12.3 Å². The molecule has 1 aliphatic rings. The molecule has 0 N–H and O–H groups in total. The molecule has 0 radical (unpaired) electrons. The van der Waals surface area contributed by atoms with Crippen LogP contribution in [0.4, 0.5) is 0 Å². The normalized spacial score (nSPS) is 27.9. The maximum absolute atomic E-state index is 5.26. The highest BCUT2D eigenvalue weighted by Crippen LogP contribution is 2.40. The van der Waals surface area contributed by atoms with Crippen LogP contribution in [0.1, 0.15) is 52.4 Å². The molecule has 0 bridgehead atoms. The number of hydrogen-bond donors (Lipinski definition) is 0. The van der Waals surface area contributed by atoms with Crippen LogP contribution >= 0.6 is 0 Å². The van der Waals surface area contributed by atoms with Crippen molar-refractivity contribution < 1.29 is 0 Å². The third kappa shape index (κ3) is 2.89. The molecule has 68 valence electrons. The molecule has 0 saturated heterocycles. The summed E-state index contributed by atoms with van der Waals surface area (Å²) in [4.78, 5) is 0. The van der Waals surface area contributed by atoms with E-state index in [-0.39, 0.29) is 0 Å². The van der Waals surface area contributed by atoms with Gasteiger partial charge in [0.05, 0.1) is 0 Å². The summed E-state index contributed by atoms with van der Waals surface area (Å²) in [5, 5.41) is 0. The number of rotatable bonds is 2. The first-order valence-electron chi connectivity index (χ1n) is 5.07. The highest BCUT2D eigenvalue weighted by molar-refractivity contribution is 4.86. The number of terminal acetylenes is 1. The molecule has 0 aromatic rings. The molecule has 0 heterocycles. The second-order valence-corrected chi connectivity index (χ2v) is 4.87. The van der Waals surface area contributed by atoms with E-state index >= 15 is 0 Å². The smallest absolute Gasteiger partial charge is 0.00886 e. The zero-order valence-electron chi connectivity index (χ0n) is 8.40. The topological polar surface area (TPSA) is 0 Å². The lowest BCUT2D eigenvalue weighted by molar-refractivity contribution is 0.174. The maximum Gasteiger partial charge on any atom is 0.00886 e. The van der Waals surface area contributed by atoms with Gasteiger partial charge in [-0.15, -0.1) is 12.3 Å². The van der Waals surface area contributed by atoms with Gasteiger partial charge >= 0.3 is 0 Å². The lowest BCUT2D eigenvalue weighted by Gasteiger charge is -2.35. The van der Waals surface area contributed by atoms with Crippen molar-refractivity contribution in [3.8, 4) is 12.3 Å². The predicted octanol–water partition coefficient (Wildman–Crippen LogP) is 3.62. The summed E-state index contributed by atoms with van der Waals surface area (Å²) in [5.41, 5.74) is 0.581. The van der Waals surface area contributed by atoms with Gasteiger partial charge in [-0.05, 0) is 30.6 Å². The Morgan fingerprint density at radius 2 is 2.25 bits per heavy atom. The Morgan fingerprint density at radius 3 is 2.83 bits per heavy atom. The fourth-order valence-corrected chi connectivity index (χ4v) is 2.39. The first-order valence-corrected chi connectivity index (χ1v) is 5.07. The van der Waals surface area contributed by atoms with Gasteiger partial charge in [-0.2, -0.15) is 0 Å². The van der Waals surface area contributed by atoms with Crippen molar-refractivity contribution in [2.24, 2.45) is 11.3 Å². The molecule has 0 heteroatoms. The molecule has 1 saturated carbocycles. The van der Waals surface area contributed by atoms with E-state index in [9.17, 15) is 0 Å². The van der Waals surface area contributed by atoms with E-state index in [4.69, 9.17) is 6.42 Å². The highest BCUT2D eigenvalue weighted by atomic mass is 14.3. The Hall–Kier alpha value is -0.440. The molecule has 1 unspecified atom stereocenters. The van der Waals surface area contributed by atoms with Gasteiger partial charge in [0, 0.05) is 6.42 Å². The van der Waals surface area contributed by atoms with Gasteiger partial charge in [-0.25, -0.2) is 0 Å². The minimum atomic E-state index is 0.581. The summed E-state index contributed by atoms with van der Waals surface area (Å²) in [6, 6.07) is 0. The van der Waals surface area contributed by atoms with Gasteiger partial charge in [0.1, 0.15) is 0 Å². The predicted molar refractivity (Wildman–Crippen MR) is 53.8 cm³/mol. The molecule has 12 heavy (non-hydrogen) atoms. The van der Waals surface area contributed by atoms with Gasteiger partial charge in [0.25, 0.3) is 0 Å². The Labute approximate surface area is 76.7 Å². The van der Waals surface area contributed by atoms with Crippen LogP contribution in [0.15, 0.2) is 0 Å². The Morgan fingerprint density at radius 1 is 1.50 bits per heavy atom. The lowest BCUT2D eigenvalue weighted by atomic mass is 9.71. The summed E-state index contributed by atoms with van der Waals surface area (Å²) < 4.78 is 0. The van der Waals surface area contributed by atoms with Crippen LogP contribution in [0.5, 0.6) is 0 Å². The molecule has 0 nitrogen and oxygen atoms in total. The standard InChI is InChI=1S/C12H20/c1-4-5-7-11-8-6-9-12(2,3)10-11/h1,11H,5-10H2,2-3H3. The zero-order valence-corrected chi connectivity index (χ0v) is 8.40. The quantitative estimate of drug-likeness (QED) is 0.547. The summed E-state index contributed by atoms with van der Waals surface area (Å²) in [5.74, 6) is 3.65. The molecule has 1 rings (SSSR count). The molecule has 0 spiro atoms. The number of hydrogen-bond acceptors (Lipinski definition) is 0. The summed E-state index contributed by atoms with van der Waals surface area (Å²) >= 11 is 0. The Bertz CT molecular complexity index is 171. The Balaban J connectivity index is 2.32. The third-order valence-corrected chi connectivity index (χ3v) is 3.00.